The number of ether oxygens (including phenoxy) is 3. The Morgan fingerprint density at radius 3 is 2.10 bits per heavy atom. The standard InChI is InChI=1S/C25H25NO5/c1-29-22-14-8-9-15-23(22)30-18-25(28)31-17-24(27)26-21(20-12-6-3-7-13-20)16-19-10-4-2-5-11-19/h2-15,21H,16-18H2,1H3,(H,26,27). The van der Waals surface area contributed by atoms with Gasteiger partial charge in [-0.05, 0) is 29.7 Å². The molecule has 3 rings (SSSR count). The summed E-state index contributed by atoms with van der Waals surface area (Å²) in [5.41, 5.74) is 2.07. The molecule has 0 bridgehead atoms. The van der Waals surface area contributed by atoms with Crippen LogP contribution in [0.5, 0.6) is 11.5 Å². The summed E-state index contributed by atoms with van der Waals surface area (Å²) in [5.74, 6) is -0.0751. The molecular weight excluding hydrogens is 394 g/mol. The summed E-state index contributed by atoms with van der Waals surface area (Å²) in [4.78, 5) is 24.4. The van der Waals surface area contributed by atoms with E-state index in [0.29, 0.717) is 17.9 Å². The van der Waals surface area contributed by atoms with Gasteiger partial charge in [0.05, 0.1) is 13.2 Å². The monoisotopic (exact) mass is 419 g/mol. The number of carbonyl (C=O) groups is 2. The number of rotatable bonds is 10. The van der Waals surface area contributed by atoms with E-state index < -0.39 is 5.97 Å². The smallest absolute Gasteiger partial charge is 0.344 e. The summed E-state index contributed by atoms with van der Waals surface area (Å²) >= 11 is 0. The quantitative estimate of drug-likeness (QED) is 0.507. The predicted octanol–water partition coefficient (Wildman–Crippen LogP) is 3.72. The van der Waals surface area contributed by atoms with Gasteiger partial charge in [-0.2, -0.15) is 0 Å². The zero-order chi connectivity index (χ0) is 21.9. The summed E-state index contributed by atoms with van der Waals surface area (Å²) in [6.45, 7) is -0.702. The van der Waals surface area contributed by atoms with Crippen molar-refractivity contribution in [2.24, 2.45) is 0 Å². The van der Waals surface area contributed by atoms with Crippen LogP contribution >= 0.6 is 0 Å². The second kappa shape index (κ2) is 11.4. The van der Waals surface area contributed by atoms with Crippen molar-refractivity contribution in [1.29, 1.82) is 0 Å². The van der Waals surface area contributed by atoms with Gasteiger partial charge in [-0.3, -0.25) is 4.79 Å². The Bertz CT molecular complexity index is 975. The third-order valence-electron chi connectivity index (χ3n) is 4.60. The Kier molecular flexibility index (Phi) is 8.05. The third-order valence-corrected chi connectivity index (χ3v) is 4.60. The van der Waals surface area contributed by atoms with Crippen LogP contribution in [0.3, 0.4) is 0 Å². The van der Waals surface area contributed by atoms with E-state index in [0.717, 1.165) is 11.1 Å². The molecule has 0 saturated carbocycles. The number of para-hydroxylation sites is 2. The van der Waals surface area contributed by atoms with Crippen LogP contribution in [0.15, 0.2) is 84.9 Å². The second-order valence-electron chi connectivity index (χ2n) is 6.82. The Labute approximate surface area is 181 Å². The highest BCUT2D eigenvalue weighted by atomic mass is 16.6. The summed E-state index contributed by atoms with van der Waals surface area (Å²) in [6, 6.07) is 26.3. The normalized spacial score (nSPS) is 11.3. The molecular formula is C25H25NO5. The number of esters is 1. The molecule has 6 heteroatoms. The molecule has 6 nitrogen and oxygen atoms in total. The van der Waals surface area contributed by atoms with Crippen molar-refractivity contribution in [3.63, 3.8) is 0 Å². The number of amides is 1. The Hall–Kier alpha value is -3.80. The summed E-state index contributed by atoms with van der Waals surface area (Å²) < 4.78 is 15.7. The maximum Gasteiger partial charge on any atom is 0.344 e. The van der Waals surface area contributed by atoms with E-state index in [2.05, 4.69) is 5.32 Å². The first-order valence-corrected chi connectivity index (χ1v) is 9.95. The van der Waals surface area contributed by atoms with Crippen molar-refractivity contribution >= 4 is 11.9 Å². The molecule has 0 aromatic heterocycles. The van der Waals surface area contributed by atoms with Crippen molar-refractivity contribution in [2.75, 3.05) is 20.3 Å². The van der Waals surface area contributed by atoms with Gasteiger partial charge in [0.2, 0.25) is 0 Å². The summed E-state index contributed by atoms with van der Waals surface area (Å²) in [7, 11) is 1.52. The van der Waals surface area contributed by atoms with Crippen LogP contribution in [0.25, 0.3) is 0 Å². The highest BCUT2D eigenvalue weighted by Gasteiger charge is 2.17. The molecule has 3 aromatic rings. The SMILES string of the molecule is COc1ccccc1OCC(=O)OCC(=O)NC(Cc1ccccc1)c1ccccc1. The van der Waals surface area contributed by atoms with Crippen LogP contribution in [0, 0.1) is 0 Å². The van der Waals surface area contributed by atoms with E-state index in [1.54, 1.807) is 24.3 Å². The fourth-order valence-electron chi connectivity index (χ4n) is 3.09. The first kappa shape index (κ1) is 21.9. The highest BCUT2D eigenvalue weighted by Crippen LogP contribution is 2.25. The Balaban J connectivity index is 1.52. The van der Waals surface area contributed by atoms with Crippen LogP contribution in [-0.2, 0) is 20.7 Å². The number of nitrogens with one attached hydrogen (secondary N) is 1. The Morgan fingerprint density at radius 2 is 1.42 bits per heavy atom. The molecule has 0 saturated heterocycles. The van der Waals surface area contributed by atoms with Crippen LogP contribution in [-0.4, -0.2) is 32.2 Å². The van der Waals surface area contributed by atoms with E-state index in [1.165, 1.54) is 7.11 Å². The molecule has 160 valence electrons. The van der Waals surface area contributed by atoms with Crippen LogP contribution in [0.4, 0.5) is 0 Å². The van der Waals surface area contributed by atoms with E-state index >= 15 is 0 Å². The topological polar surface area (TPSA) is 73.9 Å². The van der Waals surface area contributed by atoms with Crippen molar-refractivity contribution < 1.29 is 23.8 Å². The lowest BCUT2D eigenvalue weighted by atomic mass is 9.99. The first-order valence-electron chi connectivity index (χ1n) is 9.95. The minimum Gasteiger partial charge on any atom is -0.493 e. The van der Waals surface area contributed by atoms with Gasteiger partial charge < -0.3 is 19.5 Å². The maximum absolute atomic E-state index is 12.4. The minimum atomic E-state index is -0.639. The number of methoxy groups -OCH3 is 1. The van der Waals surface area contributed by atoms with Crippen molar-refractivity contribution in [1.82, 2.24) is 5.32 Å². The average Bonchev–Trinajstić information content (AvgIpc) is 2.82. The van der Waals surface area contributed by atoms with Gasteiger partial charge in [0.15, 0.2) is 24.7 Å². The molecule has 0 aliphatic rings. The van der Waals surface area contributed by atoms with Gasteiger partial charge in [-0.15, -0.1) is 0 Å². The highest BCUT2D eigenvalue weighted by molar-refractivity contribution is 5.81. The van der Waals surface area contributed by atoms with Gasteiger partial charge >= 0.3 is 5.97 Å². The molecule has 0 fully saturated rings. The fraction of sp³-hybridized carbons (Fsp3) is 0.200. The van der Waals surface area contributed by atoms with Crippen molar-refractivity contribution in [3.8, 4) is 11.5 Å². The molecule has 3 aromatic carbocycles. The summed E-state index contributed by atoms with van der Waals surface area (Å²) in [5, 5.41) is 2.95. The van der Waals surface area contributed by atoms with Gasteiger partial charge in [0.25, 0.3) is 5.91 Å². The number of carbonyl (C=O) groups excluding carboxylic acids is 2. The van der Waals surface area contributed by atoms with Crippen LogP contribution in [0.1, 0.15) is 17.2 Å². The molecule has 31 heavy (non-hydrogen) atoms. The predicted molar refractivity (Wildman–Crippen MR) is 117 cm³/mol. The van der Waals surface area contributed by atoms with Gasteiger partial charge in [0, 0.05) is 0 Å². The second-order valence-corrected chi connectivity index (χ2v) is 6.82. The molecule has 1 amide bonds. The zero-order valence-corrected chi connectivity index (χ0v) is 17.3. The van der Waals surface area contributed by atoms with Crippen molar-refractivity contribution in [3.05, 3.63) is 96.1 Å². The number of hydrogen-bond donors (Lipinski definition) is 1. The van der Waals surface area contributed by atoms with Crippen LogP contribution in [0.2, 0.25) is 0 Å². The van der Waals surface area contributed by atoms with E-state index in [4.69, 9.17) is 14.2 Å². The largest absolute Gasteiger partial charge is 0.493 e. The first-order chi connectivity index (χ1) is 15.2. The zero-order valence-electron chi connectivity index (χ0n) is 17.3. The number of benzene rings is 3. The van der Waals surface area contributed by atoms with Crippen molar-refractivity contribution in [2.45, 2.75) is 12.5 Å². The van der Waals surface area contributed by atoms with E-state index in [1.807, 2.05) is 60.7 Å². The minimum absolute atomic E-state index is 0.236. The molecule has 0 aliphatic carbocycles. The molecule has 1 unspecified atom stereocenters. The summed E-state index contributed by atoms with van der Waals surface area (Å²) in [6.07, 6.45) is 0.626. The molecule has 0 aliphatic heterocycles. The maximum atomic E-state index is 12.4. The lowest BCUT2D eigenvalue weighted by Crippen LogP contribution is -2.34. The third kappa shape index (κ3) is 6.89. The van der Waals surface area contributed by atoms with E-state index in [9.17, 15) is 9.59 Å². The van der Waals surface area contributed by atoms with Gasteiger partial charge in [-0.1, -0.05) is 72.8 Å². The molecule has 1 N–H and O–H groups in total. The average molecular weight is 419 g/mol. The fourth-order valence-corrected chi connectivity index (χ4v) is 3.09. The van der Waals surface area contributed by atoms with E-state index in [-0.39, 0.29) is 25.2 Å². The van der Waals surface area contributed by atoms with Gasteiger partial charge in [0.1, 0.15) is 0 Å². The lowest BCUT2D eigenvalue weighted by Gasteiger charge is -2.19. The van der Waals surface area contributed by atoms with Gasteiger partial charge in [-0.25, -0.2) is 4.79 Å². The van der Waals surface area contributed by atoms with Crippen LogP contribution < -0.4 is 14.8 Å². The lowest BCUT2D eigenvalue weighted by molar-refractivity contribution is -0.150. The molecule has 0 heterocycles. The number of hydrogen-bond acceptors (Lipinski definition) is 5. The molecule has 0 spiro atoms. The molecule has 1 atom stereocenters. The molecule has 0 radical (unpaired) electrons. The Morgan fingerprint density at radius 1 is 0.806 bits per heavy atom.